The van der Waals surface area contributed by atoms with Crippen LogP contribution in [0.1, 0.15) is 20.3 Å². The van der Waals surface area contributed by atoms with Crippen molar-refractivity contribution < 1.29 is 19.4 Å². The van der Waals surface area contributed by atoms with Crippen LogP contribution in [-0.4, -0.2) is 45.8 Å². The average Bonchev–Trinajstić information content (AvgIpc) is 2.65. The molecule has 1 amide bonds. The largest absolute Gasteiger partial charge is 0.480 e. The fraction of sp³-hybridized carbons (Fsp3) is 0.778. The molecule has 1 saturated heterocycles. The monoisotopic (exact) mass is 233 g/mol. The number of aliphatic carboxylic acids is 1. The standard InChI is InChI=1S/C9H15NO4S/c1-3-6(2)14-9(13)10-5-15-4-7(10)8(11)12/h6-7H,3-5H2,1-2H3,(H,11,12). The number of amides is 1. The van der Waals surface area contributed by atoms with Crippen molar-refractivity contribution in [1.29, 1.82) is 0 Å². The van der Waals surface area contributed by atoms with Gasteiger partial charge in [0, 0.05) is 5.75 Å². The van der Waals surface area contributed by atoms with Crippen molar-refractivity contribution in [3.8, 4) is 0 Å². The van der Waals surface area contributed by atoms with Crippen LogP contribution in [0.25, 0.3) is 0 Å². The number of carboxylic acid groups (broad SMARTS) is 1. The fourth-order valence-corrected chi connectivity index (χ4v) is 2.28. The number of hydrogen-bond acceptors (Lipinski definition) is 4. The van der Waals surface area contributed by atoms with Crippen molar-refractivity contribution >= 4 is 23.8 Å². The maximum absolute atomic E-state index is 11.6. The van der Waals surface area contributed by atoms with Crippen molar-refractivity contribution in [2.45, 2.75) is 32.4 Å². The smallest absolute Gasteiger partial charge is 0.411 e. The lowest BCUT2D eigenvalue weighted by Gasteiger charge is -2.21. The molecule has 0 bridgehead atoms. The second kappa shape index (κ2) is 5.25. The molecule has 0 saturated carbocycles. The zero-order valence-corrected chi connectivity index (χ0v) is 9.62. The summed E-state index contributed by atoms with van der Waals surface area (Å²) < 4.78 is 5.07. The maximum atomic E-state index is 11.6. The Morgan fingerprint density at radius 3 is 2.87 bits per heavy atom. The average molecular weight is 233 g/mol. The summed E-state index contributed by atoms with van der Waals surface area (Å²) in [6.45, 7) is 3.70. The van der Waals surface area contributed by atoms with Crippen molar-refractivity contribution in [3.63, 3.8) is 0 Å². The lowest BCUT2D eigenvalue weighted by Crippen LogP contribution is -2.42. The Morgan fingerprint density at radius 2 is 2.33 bits per heavy atom. The maximum Gasteiger partial charge on any atom is 0.411 e. The van der Waals surface area contributed by atoms with Crippen LogP contribution in [0.4, 0.5) is 4.79 Å². The predicted molar refractivity (Wildman–Crippen MR) is 56.8 cm³/mol. The molecule has 1 N–H and O–H groups in total. The van der Waals surface area contributed by atoms with Gasteiger partial charge in [0.25, 0.3) is 0 Å². The minimum Gasteiger partial charge on any atom is -0.480 e. The summed E-state index contributed by atoms with van der Waals surface area (Å²) >= 11 is 1.43. The Kier molecular flexibility index (Phi) is 4.26. The van der Waals surface area contributed by atoms with E-state index in [9.17, 15) is 9.59 Å². The molecule has 6 heteroatoms. The Balaban J connectivity index is 2.55. The number of thioether (sulfide) groups is 1. The van der Waals surface area contributed by atoms with Gasteiger partial charge in [0.1, 0.15) is 12.1 Å². The summed E-state index contributed by atoms with van der Waals surface area (Å²) in [4.78, 5) is 23.6. The molecule has 0 spiro atoms. The van der Waals surface area contributed by atoms with E-state index in [4.69, 9.17) is 9.84 Å². The Bertz CT molecular complexity index is 258. The number of hydrogen-bond donors (Lipinski definition) is 1. The highest BCUT2D eigenvalue weighted by Crippen LogP contribution is 2.22. The first-order chi connectivity index (χ1) is 7.06. The molecule has 0 aliphatic carbocycles. The molecular weight excluding hydrogens is 218 g/mol. The molecule has 5 nitrogen and oxygen atoms in total. The summed E-state index contributed by atoms with van der Waals surface area (Å²) in [7, 11) is 0. The van der Waals surface area contributed by atoms with Crippen molar-refractivity contribution in [1.82, 2.24) is 4.90 Å². The van der Waals surface area contributed by atoms with Gasteiger partial charge >= 0.3 is 12.1 Å². The van der Waals surface area contributed by atoms with Crippen LogP contribution in [0, 0.1) is 0 Å². The van der Waals surface area contributed by atoms with Gasteiger partial charge in [-0.1, -0.05) is 6.92 Å². The molecule has 1 fully saturated rings. The van der Waals surface area contributed by atoms with Crippen LogP contribution in [-0.2, 0) is 9.53 Å². The fourth-order valence-electron chi connectivity index (χ4n) is 1.15. The van der Waals surface area contributed by atoms with Crippen molar-refractivity contribution in [2.75, 3.05) is 11.6 Å². The van der Waals surface area contributed by atoms with Crippen molar-refractivity contribution in [2.24, 2.45) is 0 Å². The minimum absolute atomic E-state index is 0.169. The van der Waals surface area contributed by atoms with E-state index in [1.54, 1.807) is 6.92 Å². The summed E-state index contributed by atoms with van der Waals surface area (Å²) in [5.41, 5.74) is 0. The Morgan fingerprint density at radius 1 is 1.67 bits per heavy atom. The zero-order valence-electron chi connectivity index (χ0n) is 8.80. The van der Waals surface area contributed by atoms with E-state index in [-0.39, 0.29) is 6.10 Å². The van der Waals surface area contributed by atoms with E-state index in [2.05, 4.69) is 0 Å². The number of carbonyl (C=O) groups excluding carboxylic acids is 1. The first kappa shape index (κ1) is 12.2. The van der Waals surface area contributed by atoms with Crippen LogP contribution >= 0.6 is 11.8 Å². The quantitative estimate of drug-likeness (QED) is 0.797. The molecule has 0 aromatic heterocycles. The van der Waals surface area contributed by atoms with Gasteiger partial charge in [-0.15, -0.1) is 11.8 Å². The van der Waals surface area contributed by atoms with E-state index in [1.165, 1.54) is 16.7 Å². The molecule has 0 aromatic rings. The van der Waals surface area contributed by atoms with Crippen LogP contribution in [0.2, 0.25) is 0 Å². The van der Waals surface area contributed by atoms with Crippen LogP contribution in [0.15, 0.2) is 0 Å². The second-order valence-corrected chi connectivity index (χ2v) is 4.43. The van der Waals surface area contributed by atoms with Crippen molar-refractivity contribution in [3.05, 3.63) is 0 Å². The molecule has 2 unspecified atom stereocenters. The number of carboxylic acids is 1. The molecule has 1 rings (SSSR count). The molecule has 2 atom stereocenters. The van der Waals surface area contributed by atoms with E-state index < -0.39 is 18.1 Å². The van der Waals surface area contributed by atoms with Gasteiger partial charge in [-0.3, -0.25) is 4.90 Å². The third-order valence-corrected chi connectivity index (χ3v) is 3.29. The van der Waals surface area contributed by atoms with E-state index in [0.717, 1.165) is 6.42 Å². The number of rotatable bonds is 3. The van der Waals surface area contributed by atoms with E-state index in [0.29, 0.717) is 11.6 Å². The highest BCUT2D eigenvalue weighted by Gasteiger charge is 2.35. The number of nitrogens with zero attached hydrogens (tertiary/aromatic N) is 1. The van der Waals surface area contributed by atoms with E-state index >= 15 is 0 Å². The molecule has 86 valence electrons. The van der Waals surface area contributed by atoms with E-state index in [1.807, 2.05) is 6.92 Å². The van der Waals surface area contributed by atoms with Gasteiger partial charge in [-0.25, -0.2) is 9.59 Å². The third-order valence-electron chi connectivity index (χ3n) is 2.28. The number of ether oxygens (including phenoxy) is 1. The SMILES string of the molecule is CCC(C)OC(=O)N1CSCC1C(=O)O. The van der Waals surface area contributed by atoms with Gasteiger partial charge in [0.05, 0.1) is 5.88 Å². The summed E-state index contributed by atoms with van der Waals surface area (Å²) in [6, 6.07) is -0.744. The first-order valence-corrected chi connectivity index (χ1v) is 5.99. The molecule has 1 aliphatic heterocycles. The molecule has 0 radical (unpaired) electrons. The second-order valence-electron chi connectivity index (χ2n) is 3.43. The van der Waals surface area contributed by atoms with Gasteiger partial charge in [-0.2, -0.15) is 0 Å². The molecule has 1 aliphatic rings. The molecule has 1 heterocycles. The van der Waals surface area contributed by atoms with Gasteiger partial charge < -0.3 is 9.84 Å². The lowest BCUT2D eigenvalue weighted by atomic mass is 10.3. The van der Waals surface area contributed by atoms with Gasteiger partial charge in [-0.05, 0) is 13.3 Å². The lowest BCUT2D eigenvalue weighted by molar-refractivity contribution is -0.141. The highest BCUT2D eigenvalue weighted by atomic mass is 32.2. The summed E-state index contributed by atoms with van der Waals surface area (Å²) in [6.07, 6.45) is 0.0316. The number of carbonyl (C=O) groups is 2. The highest BCUT2D eigenvalue weighted by molar-refractivity contribution is 7.99. The predicted octanol–water partition coefficient (Wildman–Crippen LogP) is 1.38. The molecule has 0 aromatic carbocycles. The Labute approximate surface area is 92.8 Å². The Hall–Kier alpha value is -0.910. The van der Waals surface area contributed by atoms with Gasteiger partial charge in [0.15, 0.2) is 0 Å². The third kappa shape index (κ3) is 3.02. The first-order valence-electron chi connectivity index (χ1n) is 4.84. The topological polar surface area (TPSA) is 66.8 Å². The summed E-state index contributed by atoms with van der Waals surface area (Å²) in [5, 5.41) is 8.86. The molecule has 15 heavy (non-hydrogen) atoms. The molecular formula is C9H15NO4S. The van der Waals surface area contributed by atoms with Crippen LogP contribution < -0.4 is 0 Å². The van der Waals surface area contributed by atoms with Crippen LogP contribution in [0.3, 0.4) is 0 Å². The van der Waals surface area contributed by atoms with Gasteiger partial charge in [0.2, 0.25) is 0 Å². The zero-order chi connectivity index (χ0) is 11.4. The normalized spacial score (nSPS) is 22.5. The van der Waals surface area contributed by atoms with Crippen LogP contribution in [0.5, 0.6) is 0 Å². The minimum atomic E-state index is -0.971. The summed E-state index contributed by atoms with van der Waals surface area (Å²) in [5.74, 6) is -0.141.